The van der Waals surface area contributed by atoms with Crippen LogP contribution in [0.4, 0.5) is 4.39 Å². The molecule has 0 saturated heterocycles. The van der Waals surface area contributed by atoms with E-state index in [1.165, 1.54) is 0 Å². The monoisotopic (exact) mass is 239 g/mol. The number of hydrogen-bond donors (Lipinski definition) is 2. The molecule has 0 radical (unpaired) electrons. The predicted molar refractivity (Wildman–Crippen MR) is 68.6 cm³/mol. The Morgan fingerprint density at radius 1 is 1.24 bits per heavy atom. The molecule has 0 aliphatic carbocycles. The summed E-state index contributed by atoms with van der Waals surface area (Å²) in [6, 6.07) is 3.13. The van der Waals surface area contributed by atoms with Crippen molar-refractivity contribution in [3.63, 3.8) is 0 Å². The zero-order valence-corrected chi connectivity index (χ0v) is 11.0. The molecule has 3 heteroatoms. The molecule has 2 nitrogen and oxygen atoms in total. The largest absolute Gasteiger partial charge is 0.392 e. The van der Waals surface area contributed by atoms with Crippen LogP contribution in [0.25, 0.3) is 0 Å². The zero-order valence-electron chi connectivity index (χ0n) is 11.0. The first-order valence-corrected chi connectivity index (χ1v) is 6.03. The van der Waals surface area contributed by atoms with Crippen LogP contribution in [0.15, 0.2) is 12.1 Å². The highest BCUT2D eigenvalue weighted by atomic mass is 19.1. The van der Waals surface area contributed by atoms with E-state index in [4.69, 9.17) is 5.73 Å². The molecule has 0 amide bonds. The van der Waals surface area contributed by atoms with Gasteiger partial charge in [0.05, 0.1) is 6.10 Å². The van der Waals surface area contributed by atoms with Crippen LogP contribution in [-0.2, 0) is 0 Å². The summed E-state index contributed by atoms with van der Waals surface area (Å²) in [5.74, 6) is -0.229. The van der Waals surface area contributed by atoms with Crippen molar-refractivity contribution in [1.29, 1.82) is 0 Å². The normalized spacial score (nSPS) is 16.6. The molecule has 0 aliphatic rings. The fourth-order valence-electron chi connectivity index (χ4n) is 1.88. The Hall–Kier alpha value is -0.930. The second kappa shape index (κ2) is 5.61. The molecule has 3 unspecified atom stereocenters. The van der Waals surface area contributed by atoms with Crippen molar-refractivity contribution in [2.24, 2.45) is 5.73 Å². The van der Waals surface area contributed by atoms with Crippen molar-refractivity contribution in [2.45, 2.75) is 52.2 Å². The Bertz CT molecular complexity index is 390. The SMILES string of the molecule is Cc1cc(F)c(C(C)CC(O)C(C)N)cc1C. The summed E-state index contributed by atoms with van der Waals surface area (Å²) in [7, 11) is 0. The van der Waals surface area contributed by atoms with Gasteiger partial charge in [0.1, 0.15) is 5.82 Å². The van der Waals surface area contributed by atoms with Crippen LogP contribution in [0.1, 0.15) is 42.9 Å². The molecule has 96 valence electrons. The first-order valence-electron chi connectivity index (χ1n) is 6.03. The van der Waals surface area contributed by atoms with Gasteiger partial charge in [-0.2, -0.15) is 0 Å². The van der Waals surface area contributed by atoms with Crippen LogP contribution in [0.5, 0.6) is 0 Å². The fourth-order valence-corrected chi connectivity index (χ4v) is 1.88. The molecule has 17 heavy (non-hydrogen) atoms. The Morgan fingerprint density at radius 3 is 2.29 bits per heavy atom. The fraction of sp³-hybridized carbons (Fsp3) is 0.571. The van der Waals surface area contributed by atoms with Gasteiger partial charge in [-0.25, -0.2) is 4.39 Å². The molecule has 0 fully saturated rings. The first kappa shape index (κ1) is 14.1. The Morgan fingerprint density at radius 2 is 1.76 bits per heavy atom. The van der Waals surface area contributed by atoms with E-state index in [9.17, 15) is 9.50 Å². The van der Waals surface area contributed by atoms with Gasteiger partial charge in [-0.1, -0.05) is 13.0 Å². The van der Waals surface area contributed by atoms with Crippen LogP contribution in [0.2, 0.25) is 0 Å². The average Bonchev–Trinajstić information content (AvgIpc) is 2.22. The minimum Gasteiger partial charge on any atom is -0.392 e. The molecular weight excluding hydrogens is 217 g/mol. The smallest absolute Gasteiger partial charge is 0.126 e. The van der Waals surface area contributed by atoms with E-state index in [0.717, 1.165) is 11.1 Å². The number of rotatable bonds is 4. The highest BCUT2D eigenvalue weighted by Crippen LogP contribution is 2.26. The van der Waals surface area contributed by atoms with Gasteiger partial charge < -0.3 is 10.8 Å². The van der Waals surface area contributed by atoms with Gasteiger partial charge in [0.15, 0.2) is 0 Å². The number of hydrogen-bond acceptors (Lipinski definition) is 2. The minimum atomic E-state index is -0.592. The lowest BCUT2D eigenvalue weighted by molar-refractivity contribution is 0.134. The van der Waals surface area contributed by atoms with Crippen molar-refractivity contribution in [1.82, 2.24) is 0 Å². The summed E-state index contributed by atoms with van der Waals surface area (Å²) < 4.78 is 13.8. The summed E-state index contributed by atoms with van der Waals surface area (Å²) >= 11 is 0. The van der Waals surface area contributed by atoms with Gasteiger partial charge in [0.2, 0.25) is 0 Å². The van der Waals surface area contributed by atoms with Crippen LogP contribution < -0.4 is 5.73 Å². The first-order chi connectivity index (χ1) is 7.82. The van der Waals surface area contributed by atoms with Crippen molar-refractivity contribution in [2.75, 3.05) is 0 Å². The molecule has 0 saturated carbocycles. The number of benzene rings is 1. The van der Waals surface area contributed by atoms with E-state index in [1.807, 2.05) is 26.8 Å². The highest BCUT2D eigenvalue weighted by Gasteiger charge is 2.18. The van der Waals surface area contributed by atoms with E-state index in [-0.39, 0.29) is 17.8 Å². The second-order valence-electron chi connectivity index (χ2n) is 5.02. The van der Waals surface area contributed by atoms with E-state index in [0.29, 0.717) is 12.0 Å². The van der Waals surface area contributed by atoms with Crippen LogP contribution >= 0.6 is 0 Å². The maximum Gasteiger partial charge on any atom is 0.126 e. The topological polar surface area (TPSA) is 46.2 Å². The lowest BCUT2D eigenvalue weighted by Crippen LogP contribution is -2.32. The standard InChI is InChI=1S/C14H22FNO/c1-8-5-12(13(15)6-9(8)2)10(3)7-14(17)11(4)16/h5-6,10-11,14,17H,7,16H2,1-4H3. The number of halogens is 1. The highest BCUT2D eigenvalue weighted by molar-refractivity contribution is 5.33. The minimum absolute atomic E-state index is 0.0321. The van der Waals surface area contributed by atoms with Gasteiger partial charge in [-0.3, -0.25) is 0 Å². The molecular formula is C14H22FNO. The lowest BCUT2D eigenvalue weighted by atomic mass is 9.90. The molecule has 0 aromatic heterocycles. The van der Waals surface area contributed by atoms with Gasteiger partial charge in [0.25, 0.3) is 0 Å². The molecule has 0 bridgehead atoms. The molecule has 0 heterocycles. The molecule has 1 aromatic rings. The summed E-state index contributed by atoms with van der Waals surface area (Å²) in [6.07, 6.45) is -0.108. The molecule has 0 spiro atoms. The van der Waals surface area contributed by atoms with E-state index in [2.05, 4.69) is 0 Å². The predicted octanol–water partition coefficient (Wildman–Crippen LogP) is 2.64. The van der Waals surface area contributed by atoms with Gasteiger partial charge in [0, 0.05) is 6.04 Å². The summed E-state index contributed by atoms with van der Waals surface area (Å²) in [4.78, 5) is 0. The quantitative estimate of drug-likeness (QED) is 0.848. The lowest BCUT2D eigenvalue weighted by Gasteiger charge is -2.20. The van der Waals surface area contributed by atoms with Crippen molar-refractivity contribution in [3.05, 3.63) is 34.6 Å². The van der Waals surface area contributed by atoms with Crippen LogP contribution in [0, 0.1) is 19.7 Å². The Kier molecular flexibility index (Phi) is 4.66. The average molecular weight is 239 g/mol. The van der Waals surface area contributed by atoms with Crippen molar-refractivity contribution < 1.29 is 9.50 Å². The third-order valence-electron chi connectivity index (χ3n) is 3.35. The maximum absolute atomic E-state index is 13.8. The number of aryl methyl sites for hydroxylation is 2. The van der Waals surface area contributed by atoms with Crippen LogP contribution in [0.3, 0.4) is 0 Å². The second-order valence-corrected chi connectivity index (χ2v) is 5.02. The number of nitrogens with two attached hydrogens (primary N) is 1. The Labute approximate surface area is 103 Å². The molecule has 3 N–H and O–H groups in total. The third-order valence-corrected chi connectivity index (χ3v) is 3.35. The summed E-state index contributed by atoms with van der Waals surface area (Å²) in [5, 5.41) is 9.73. The van der Waals surface area contributed by atoms with Crippen molar-refractivity contribution >= 4 is 0 Å². The van der Waals surface area contributed by atoms with Gasteiger partial charge in [-0.15, -0.1) is 0 Å². The van der Waals surface area contributed by atoms with Crippen molar-refractivity contribution in [3.8, 4) is 0 Å². The molecule has 3 atom stereocenters. The van der Waals surface area contributed by atoms with Gasteiger partial charge in [-0.05, 0) is 55.9 Å². The zero-order chi connectivity index (χ0) is 13.2. The number of aliphatic hydroxyl groups excluding tert-OH is 1. The maximum atomic E-state index is 13.8. The third kappa shape index (κ3) is 3.51. The van der Waals surface area contributed by atoms with Gasteiger partial charge >= 0.3 is 0 Å². The Balaban J connectivity index is 2.89. The van der Waals surface area contributed by atoms with Crippen LogP contribution in [-0.4, -0.2) is 17.3 Å². The van der Waals surface area contributed by atoms with E-state index < -0.39 is 6.10 Å². The molecule has 0 aliphatic heterocycles. The molecule has 1 aromatic carbocycles. The molecule has 1 rings (SSSR count). The summed E-state index contributed by atoms with van der Waals surface area (Å²) in [6.45, 7) is 7.53. The van der Waals surface area contributed by atoms with E-state index >= 15 is 0 Å². The van der Waals surface area contributed by atoms with E-state index in [1.54, 1.807) is 13.0 Å². The summed E-state index contributed by atoms with van der Waals surface area (Å²) in [5.41, 5.74) is 8.29. The number of aliphatic hydroxyl groups is 1.